The number of halogens is 1. The van der Waals surface area contributed by atoms with Crippen LogP contribution in [0.5, 0.6) is 0 Å². The normalized spacial score (nSPS) is 31.0. The van der Waals surface area contributed by atoms with Crippen LogP contribution in [0.4, 0.5) is 4.39 Å². The van der Waals surface area contributed by atoms with Gasteiger partial charge in [0.15, 0.2) is 0 Å². The molecule has 2 heteroatoms. The van der Waals surface area contributed by atoms with Crippen LogP contribution in [0.25, 0.3) is 0 Å². The average Bonchev–Trinajstić information content (AvgIpc) is 2.02. The highest BCUT2D eigenvalue weighted by atomic mass is 19.1. The van der Waals surface area contributed by atoms with Crippen molar-refractivity contribution in [3.05, 3.63) is 0 Å². The molecule has 1 heterocycles. The predicted molar refractivity (Wildman–Crippen MR) is 50.1 cm³/mol. The lowest BCUT2D eigenvalue weighted by Crippen LogP contribution is -2.50. The highest BCUT2D eigenvalue weighted by molar-refractivity contribution is 4.98. The lowest BCUT2D eigenvalue weighted by atomic mass is 9.96. The van der Waals surface area contributed by atoms with Crippen LogP contribution in [0, 0.1) is 0 Å². The minimum Gasteiger partial charge on any atom is -0.290 e. The van der Waals surface area contributed by atoms with Crippen LogP contribution >= 0.6 is 0 Å². The first kappa shape index (κ1) is 9.97. The summed E-state index contributed by atoms with van der Waals surface area (Å²) in [6.07, 6.45) is 0.0313. The fourth-order valence-corrected chi connectivity index (χ4v) is 2.34. The van der Waals surface area contributed by atoms with Crippen LogP contribution < -0.4 is 0 Å². The summed E-state index contributed by atoms with van der Waals surface area (Å²) in [4.78, 5) is 2.25. The standard InChI is InChI=1S/C10H20FN/c1-9(2,3)12-7-8(11)6-10(12,4)5/h8H,6-7H2,1-5H3. The molecule has 0 aromatic heterocycles. The monoisotopic (exact) mass is 173 g/mol. The van der Waals surface area contributed by atoms with Crippen molar-refractivity contribution in [1.82, 2.24) is 4.90 Å². The summed E-state index contributed by atoms with van der Waals surface area (Å²) in [5.41, 5.74) is 0.113. The lowest BCUT2D eigenvalue weighted by molar-refractivity contribution is 0.0664. The van der Waals surface area contributed by atoms with Crippen LogP contribution in [0.3, 0.4) is 0 Å². The van der Waals surface area contributed by atoms with Crippen molar-refractivity contribution in [3.8, 4) is 0 Å². The third-order valence-electron chi connectivity index (χ3n) is 2.64. The zero-order valence-corrected chi connectivity index (χ0v) is 8.82. The van der Waals surface area contributed by atoms with Gasteiger partial charge in [-0.15, -0.1) is 0 Å². The van der Waals surface area contributed by atoms with E-state index in [0.29, 0.717) is 13.0 Å². The van der Waals surface area contributed by atoms with E-state index >= 15 is 0 Å². The van der Waals surface area contributed by atoms with Gasteiger partial charge in [0.25, 0.3) is 0 Å². The second-order valence-corrected chi connectivity index (χ2v) is 5.40. The number of rotatable bonds is 0. The van der Waals surface area contributed by atoms with Gasteiger partial charge in [-0.1, -0.05) is 0 Å². The highest BCUT2D eigenvalue weighted by Crippen LogP contribution is 2.35. The first-order chi connectivity index (χ1) is 5.23. The molecule has 12 heavy (non-hydrogen) atoms. The van der Waals surface area contributed by atoms with Crippen molar-refractivity contribution < 1.29 is 4.39 Å². The maximum absolute atomic E-state index is 13.2. The topological polar surface area (TPSA) is 3.24 Å². The Hall–Kier alpha value is -0.110. The van der Waals surface area contributed by atoms with Gasteiger partial charge in [0.2, 0.25) is 0 Å². The molecule has 0 aromatic rings. The van der Waals surface area contributed by atoms with Crippen molar-refractivity contribution in [2.75, 3.05) is 6.54 Å². The Balaban J connectivity index is 2.79. The fraction of sp³-hybridized carbons (Fsp3) is 1.00. The second kappa shape index (κ2) is 2.69. The Morgan fingerprint density at radius 1 is 1.33 bits per heavy atom. The SMILES string of the molecule is CC(C)(C)N1CC(F)CC1(C)C. The molecular formula is C10H20FN. The Bertz CT molecular complexity index is 169. The van der Waals surface area contributed by atoms with Crippen LogP contribution in [0.2, 0.25) is 0 Å². The zero-order valence-electron chi connectivity index (χ0n) is 8.82. The Labute approximate surface area is 74.9 Å². The number of nitrogens with zero attached hydrogens (tertiary/aromatic N) is 1. The van der Waals surface area contributed by atoms with E-state index in [-0.39, 0.29) is 11.1 Å². The first-order valence-corrected chi connectivity index (χ1v) is 4.65. The molecule has 1 atom stereocenters. The highest BCUT2D eigenvalue weighted by Gasteiger charge is 2.43. The molecule has 0 radical (unpaired) electrons. The molecule has 0 aliphatic carbocycles. The van der Waals surface area contributed by atoms with E-state index < -0.39 is 6.17 Å². The minimum absolute atomic E-state index is 0.0255. The van der Waals surface area contributed by atoms with Crippen molar-refractivity contribution in [2.45, 2.75) is 58.3 Å². The Morgan fingerprint density at radius 3 is 2.00 bits per heavy atom. The van der Waals surface area contributed by atoms with E-state index in [1.807, 2.05) is 0 Å². The molecule has 0 saturated carbocycles. The smallest absolute Gasteiger partial charge is 0.115 e. The molecule has 0 aromatic carbocycles. The summed E-state index contributed by atoms with van der Waals surface area (Å²) < 4.78 is 13.2. The second-order valence-electron chi connectivity index (χ2n) is 5.40. The van der Waals surface area contributed by atoms with E-state index in [1.54, 1.807) is 0 Å². The van der Waals surface area contributed by atoms with Gasteiger partial charge in [-0.05, 0) is 41.0 Å². The molecule has 1 aliphatic heterocycles. The summed E-state index contributed by atoms with van der Waals surface area (Å²) >= 11 is 0. The molecule has 0 N–H and O–H groups in total. The first-order valence-electron chi connectivity index (χ1n) is 4.65. The molecule has 1 unspecified atom stereocenters. The van der Waals surface area contributed by atoms with Crippen LogP contribution in [-0.2, 0) is 0 Å². The predicted octanol–water partition coefficient (Wildman–Crippen LogP) is 2.61. The Morgan fingerprint density at radius 2 is 1.83 bits per heavy atom. The number of hydrogen-bond acceptors (Lipinski definition) is 1. The molecule has 1 fully saturated rings. The number of likely N-dealkylation sites (tertiary alicyclic amines) is 1. The largest absolute Gasteiger partial charge is 0.290 e. The van der Waals surface area contributed by atoms with Gasteiger partial charge in [0.05, 0.1) is 0 Å². The summed E-state index contributed by atoms with van der Waals surface area (Å²) in [7, 11) is 0. The van der Waals surface area contributed by atoms with Gasteiger partial charge in [0.1, 0.15) is 6.17 Å². The molecule has 1 aliphatic rings. The molecular weight excluding hydrogens is 153 g/mol. The molecule has 0 amide bonds. The van der Waals surface area contributed by atoms with E-state index in [2.05, 4.69) is 39.5 Å². The molecule has 1 rings (SSSR count). The van der Waals surface area contributed by atoms with Gasteiger partial charge in [-0.3, -0.25) is 4.90 Å². The molecule has 1 nitrogen and oxygen atoms in total. The molecule has 1 saturated heterocycles. The summed E-state index contributed by atoms with van der Waals surface area (Å²) in [5.74, 6) is 0. The van der Waals surface area contributed by atoms with Crippen LogP contribution in [0.15, 0.2) is 0 Å². The van der Waals surface area contributed by atoms with Gasteiger partial charge in [0, 0.05) is 17.6 Å². The third kappa shape index (κ3) is 1.79. The minimum atomic E-state index is -0.640. The maximum atomic E-state index is 13.2. The fourth-order valence-electron chi connectivity index (χ4n) is 2.34. The molecule has 0 bridgehead atoms. The summed E-state index contributed by atoms with van der Waals surface area (Å²) in [6, 6.07) is 0. The van der Waals surface area contributed by atoms with Crippen molar-refractivity contribution in [3.63, 3.8) is 0 Å². The number of hydrogen-bond donors (Lipinski definition) is 0. The Kier molecular flexibility index (Phi) is 2.24. The maximum Gasteiger partial charge on any atom is 0.115 e. The quantitative estimate of drug-likeness (QED) is 0.544. The van der Waals surface area contributed by atoms with Gasteiger partial charge in [-0.25, -0.2) is 4.39 Å². The summed E-state index contributed by atoms with van der Waals surface area (Å²) in [6.45, 7) is 11.3. The van der Waals surface area contributed by atoms with E-state index in [0.717, 1.165) is 0 Å². The lowest BCUT2D eigenvalue weighted by Gasteiger charge is -2.41. The average molecular weight is 173 g/mol. The summed E-state index contributed by atoms with van der Waals surface area (Å²) in [5, 5.41) is 0. The van der Waals surface area contributed by atoms with Crippen molar-refractivity contribution in [2.24, 2.45) is 0 Å². The van der Waals surface area contributed by atoms with E-state index in [1.165, 1.54) is 0 Å². The zero-order chi connectivity index (χ0) is 9.57. The van der Waals surface area contributed by atoms with E-state index in [9.17, 15) is 4.39 Å². The van der Waals surface area contributed by atoms with Crippen molar-refractivity contribution >= 4 is 0 Å². The van der Waals surface area contributed by atoms with Crippen molar-refractivity contribution in [1.29, 1.82) is 0 Å². The van der Waals surface area contributed by atoms with E-state index in [4.69, 9.17) is 0 Å². The molecule has 72 valence electrons. The van der Waals surface area contributed by atoms with Crippen LogP contribution in [0.1, 0.15) is 41.0 Å². The van der Waals surface area contributed by atoms with Gasteiger partial charge in [-0.2, -0.15) is 0 Å². The van der Waals surface area contributed by atoms with Crippen LogP contribution in [-0.4, -0.2) is 28.7 Å². The molecule has 0 spiro atoms. The van der Waals surface area contributed by atoms with Gasteiger partial charge < -0.3 is 0 Å². The number of alkyl halides is 1. The third-order valence-corrected chi connectivity index (χ3v) is 2.64. The van der Waals surface area contributed by atoms with Gasteiger partial charge >= 0.3 is 0 Å².